The van der Waals surface area contributed by atoms with Crippen molar-refractivity contribution in [3.63, 3.8) is 0 Å². The summed E-state index contributed by atoms with van der Waals surface area (Å²) in [6, 6.07) is 2.04. The summed E-state index contributed by atoms with van der Waals surface area (Å²) in [5.41, 5.74) is 8.87. The van der Waals surface area contributed by atoms with E-state index in [1.807, 2.05) is 24.8 Å². The number of hydrogen-bond donors (Lipinski definition) is 1. The van der Waals surface area contributed by atoms with Gasteiger partial charge in [0.05, 0.1) is 5.69 Å². The van der Waals surface area contributed by atoms with Crippen LogP contribution < -0.4 is 10.6 Å². The molecule has 1 aliphatic heterocycles. The van der Waals surface area contributed by atoms with Crippen LogP contribution in [-0.2, 0) is 4.79 Å². The number of amides is 1. The number of carbonyl (C=O) groups is 1. The van der Waals surface area contributed by atoms with Crippen molar-refractivity contribution in [1.29, 1.82) is 0 Å². The molecule has 0 aliphatic carbocycles. The highest BCUT2D eigenvalue weighted by Crippen LogP contribution is 2.38. The van der Waals surface area contributed by atoms with Gasteiger partial charge in [0, 0.05) is 21.9 Å². The molecular formula is C13H16Br2N2O. The van der Waals surface area contributed by atoms with Gasteiger partial charge in [-0.25, -0.2) is 0 Å². The largest absolute Gasteiger partial charge is 0.330 e. The van der Waals surface area contributed by atoms with Gasteiger partial charge in [0.15, 0.2) is 0 Å². The van der Waals surface area contributed by atoms with Gasteiger partial charge < -0.3 is 10.6 Å². The molecule has 3 nitrogen and oxygen atoms in total. The van der Waals surface area contributed by atoms with Gasteiger partial charge in [-0.3, -0.25) is 4.79 Å². The summed E-state index contributed by atoms with van der Waals surface area (Å²) in [4.78, 5) is 13.9. The first-order chi connectivity index (χ1) is 8.45. The van der Waals surface area contributed by atoms with E-state index < -0.39 is 0 Å². The Labute approximate surface area is 124 Å². The smallest absolute Gasteiger partial charge is 0.227 e. The molecule has 5 heteroatoms. The number of halogens is 2. The van der Waals surface area contributed by atoms with Gasteiger partial charge >= 0.3 is 0 Å². The topological polar surface area (TPSA) is 46.3 Å². The molecule has 2 N–H and O–H groups in total. The van der Waals surface area contributed by atoms with Crippen molar-refractivity contribution >= 4 is 43.5 Å². The monoisotopic (exact) mass is 374 g/mol. The molecule has 0 spiro atoms. The summed E-state index contributed by atoms with van der Waals surface area (Å²) in [6.07, 6.45) is 0.553. The predicted molar refractivity (Wildman–Crippen MR) is 80.8 cm³/mol. The first-order valence-corrected chi connectivity index (χ1v) is 7.50. The van der Waals surface area contributed by atoms with Crippen LogP contribution in [0.1, 0.15) is 17.5 Å². The summed E-state index contributed by atoms with van der Waals surface area (Å²) < 4.78 is 2.06. The summed E-state index contributed by atoms with van der Waals surface area (Å²) in [5.74, 6) is 0.431. The minimum absolute atomic E-state index is 0.160. The first-order valence-electron chi connectivity index (χ1n) is 5.91. The van der Waals surface area contributed by atoms with E-state index in [4.69, 9.17) is 5.73 Å². The van der Waals surface area contributed by atoms with Gasteiger partial charge in [-0.15, -0.1) is 0 Å². The number of nitrogens with zero attached hydrogens (tertiary/aromatic N) is 1. The molecular weight excluding hydrogens is 360 g/mol. The molecule has 1 aromatic rings. The van der Waals surface area contributed by atoms with Crippen molar-refractivity contribution in [1.82, 2.24) is 0 Å². The second-order valence-electron chi connectivity index (χ2n) is 4.78. The summed E-state index contributed by atoms with van der Waals surface area (Å²) >= 11 is 7.15. The molecule has 1 aromatic carbocycles. The first kappa shape index (κ1) is 14.0. The van der Waals surface area contributed by atoms with Gasteiger partial charge in [0.25, 0.3) is 0 Å². The van der Waals surface area contributed by atoms with E-state index in [0.717, 1.165) is 25.8 Å². The Morgan fingerprint density at radius 2 is 2.06 bits per heavy atom. The fourth-order valence-corrected chi connectivity index (χ4v) is 3.39. The van der Waals surface area contributed by atoms with Crippen molar-refractivity contribution < 1.29 is 4.79 Å². The Morgan fingerprint density at radius 1 is 1.39 bits per heavy atom. The predicted octanol–water partition coefficient (Wildman–Crippen LogP) is 3.14. The maximum absolute atomic E-state index is 12.0. The summed E-state index contributed by atoms with van der Waals surface area (Å²) in [7, 11) is 0. The quantitative estimate of drug-likeness (QED) is 0.862. The van der Waals surface area contributed by atoms with Crippen molar-refractivity contribution in [3.8, 4) is 0 Å². The van der Waals surface area contributed by atoms with Crippen molar-refractivity contribution in [3.05, 3.63) is 26.1 Å². The Bertz CT molecular complexity index is 502. The lowest BCUT2D eigenvalue weighted by Gasteiger charge is -2.21. The molecule has 18 heavy (non-hydrogen) atoms. The number of aryl methyl sites for hydroxylation is 1. The Balaban J connectivity index is 2.43. The van der Waals surface area contributed by atoms with Gasteiger partial charge in [-0.2, -0.15) is 0 Å². The average Bonchev–Trinajstić information content (AvgIpc) is 2.72. The van der Waals surface area contributed by atoms with Gasteiger partial charge in [0.1, 0.15) is 0 Å². The highest BCUT2D eigenvalue weighted by molar-refractivity contribution is 9.11. The van der Waals surface area contributed by atoms with E-state index in [1.165, 1.54) is 0 Å². The Morgan fingerprint density at radius 3 is 2.61 bits per heavy atom. The number of rotatable bonds is 2. The molecule has 0 aromatic heterocycles. The van der Waals surface area contributed by atoms with Gasteiger partial charge in [0.2, 0.25) is 5.91 Å². The molecule has 1 unspecified atom stereocenters. The minimum Gasteiger partial charge on any atom is -0.330 e. The van der Waals surface area contributed by atoms with Crippen LogP contribution in [0.25, 0.3) is 0 Å². The summed E-state index contributed by atoms with van der Waals surface area (Å²) in [5, 5.41) is 0. The minimum atomic E-state index is 0.160. The second-order valence-corrected chi connectivity index (χ2v) is 6.36. The zero-order chi connectivity index (χ0) is 13.4. The molecule has 1 saturated heterocycles. The molecule has 2 rings (SSSR count). The molecule has 0 saturated carbocycles. The standard InChI is InChI=1S/C13H16Br2N2O/c1-7-3-10(13(15)8(2)12(7)14)17-6-9(5-16)4-11(17)18/h3,9H,4-6,16H2,1-2H3. The van der Waals surface area contributed by atoms with Crippen LogP contribution in [0, 0.1) is 19.8 Å². The van der Waals surface area contributed by atoms with Crippen LogP contribution >= 0.6 is 31.9 Å². The maximum atomic E-state index is 12.0. The highest BCUT2D eigenvalue weighted by Gasteiger charge is 2.31. The number of benzene rings is 1. The van der Waals surface area contributed by atoms with Gasteiger partial charge in [-0.05, 0) is 59.4 Å². The van der Waals surface area contributed by atoms with E-state index in [0.29, 0.717) is 19.5 Å². The lowest BCUT2D eigenvalue weighted by molar-refractivity contribution is -0.117. The zero-order valence-electron chi connectivity index (χ0n) is 10.5. The van der Waals surface area contributed by atoms with Crippen LogP contribution in [0.2, 0.25) is 0 Å². The molecule has 1 fully saturated rings. The van der Waals surface area contributed by atoms with Crippen LogP contribution in [0.3, 0.4) is 0 Å². The number of carbonyl (C=O) groups excluding carboxylic acids is 1. The van der Waals surface area contributed by atoms with Crippen molar-refractivity contribution in [2.75, 3.05) is 18.0 Å². The molecule has 0 bridgehead atoms. The van der Waals surface area contributed by atoms with E-state index in [1.54, 1.807) is 0 Å². The highest BCUT2D eigenvalue weighted by atomic mass is 79.9. The zero-order valence-corrected chi connectivity index (χ0v) is 13.6. The Hall–Kier alpha value is -0.390. The van der Waals surface area contributed by atoms with Crippen LogP contribution in [0.15, 0.2) is 15.0 Å². The van der Waals surface area contributed by atoms with Crippen LogP contribution in [0.4, 0.5) is 5.69 Å². The van der Waals surface area contributed by atoms with E-state index in [2.05, 4.69) is 31.9 Å². The number of hydrogen-bond acceptors (Lipinski definition) is 2. The third kappa shape index (κ3) is 2.36. The molecule has 1 atom stereocenters. The molecule has 98 valence electrons. The van der Waals surface area contributed by atoms with Crippen molar-refractivity contribution in [2.45, 2.75) is 20.3 Å². The molecule has 0 radical (unpaired) electrons. The fourth-order valence-electron chi connectivity index (χ4n) is 2.28. The fraction of sp³-hybridized carbons (Fsp3) is 0.462. The van der Waals surface area contributed by atoms with E-state index >= 15 is 0 Å². The third-order valence-electron chi connectivity index (χ3n) is 3.41. The SMILES string of the molecule is Cc1cc(N2CC(CN)CC2=O)c(Br)c(C)c1Br. The van der Waals surface area contributed by atoms with Crippen LogP contribution in [0.5, 0.6) is 0 Å². The third-order valence-corrected chi connectivity index (χ3v) is 5.63. The maximum Gasteiger partial charge on any atom is 0.227 e. The molecule has 1 amide bonds. The second kappa shape index (κ2) is 5.31. The van der Waals surface area contributed by atoms with Gasteiger partial charge in [-0.1, -0.05) is 15.9 Å². The van der Waals surface area contributed by atoms with E-state index in [9.17, 15) is 4.79 Å². The number of nitrogens with two attached hydrogens (primary N) is 1. The van der Waals surface area contributed by atoms with E-state index in [-0.39, 0.29) is 11.8 Å². The Kier molecular flexibility index (Phi) is 4.14. The molecule has 1 aliphatic rings. The average molecular weight is 376 g/mol. The number of anilines is 1. The summed E-state index contributed by atoms with van der Waals surface area (Å²) in [6.45, 7) is 5.35. The van der Waals surface area contributed by atoms with Crippen molar-refractivity contribution in [2.24, 2.45) is 11.7 Å². The lowest BCUT2D eigenvalue weighted by Crippen LogP contribution is -2.26. The lowest BCUT2D eigenvalue weighted by atomic mass is 10.1. The normalized spacial score (nSPS) is 19.7. The van der Waals surface area contributed by atoms with Crippen LogP contribution in [-0.4, -0.2) is 19.0 Å². The molecule has 1 heterocycles.